The maximum absolute atomic E-state index is 10.7. The summed E-state index contributed by atoms with van der Waals surface area (Å²) in [5.41, 5.74) is 11.7. The standard InChI is InChI=1S/C8H9ClN2O.C3H9N/c9-7(8(11)12)5-2-1-3-6(10)4-5;1-4(2)3/h1-4,7H,10H2,(H2,11,12);1-3H3. The van der Waals surface area contributed by atoms with Gasteiger partial charge in [0.25, 0.3) is 0 Å². The molecule has 0 aliphatic carbocycles. The molecule has 1 unspecified atom stereocenters. The van der Waals surface area contributed by atoms with Crippen molar-refractivity contribution in [2.75, 3.05) is 26.9 Å². The van der Waals surface area contributed by atoms with Gasteiger partial charge in [-0.1, -0.05) is 12.1 Å². The van der Waals surface area contributed by atoms with E-state index in [0.29, 0.717) is 11.3 Å². The first-order valence-corrected chi connectivity index (χ1v) is 5.18. The van der Waals surface area contributed by atoms with Crippen LogP contribution in [0, 0.1) is 0 Å². The van der Waals surface area contributed by atoms with E-state index in [2.05, 4.69) is 0 Å². The molecule has 5 heteroatoms. The van der Waals surface area contributed by atoms with E-state index in [4.69, 9.17) is 23.1 Å². The van der Waals surface area contributed by atoms with Crippen molar-refractivity contribution in [1.29, 1.82) is 0 Å². The minimum atomic E-state index is -0.798. The van der Waals surface area contributed by atoms with Gasteiger partial charge >= 0.3 is 0 Å². The van der Waals surface area contributed by atoms with Gasteiger partial charge < -0.3 is 16.4 Å². The normalized spacial score (nSPS) is 11.6. The summed E-state index contributed by atoms with van der Waals surface area (Å²) in [6, 6.07) is 6.78. The van der Waals surface area contributed by atoms with Crippen LogP contribution in [-0.2, 0) is 4.79 Å². The lowest BCUT2D eigenvalue weighted by molar-refractivity contribution is -0.117. The highest BCUT2D eigenvalue weighted by Gasteiger charge is 2.13. The summed E-state index contributed by atoms with van der Waals surface area (Å²) in [5, 5.41) is -0.798. The maximum atomic E-state index is 10.7. The first kappa shape index (κ1) is 14.7. The summed E-state index contributed by atoms with van der Waals surface area (Å²) in [5.74, 6) is -0.567. The predicted molar refractivity (Wildman–Crippen MR) is 68.3 cm³/mol. The Morgan fingerprint density at radius 3 is 2.25 bits per heavy atom. The Labute approximate surface area is 101 Å². The Morgan fingerprint density at radius 1 is 1.38 bits per heavy atom. The fourth-order valence-electron chi connectivity index (χ4n) is 0.881. The number of halogens is 1. The van der Waals surface area contributed by atoms with Crippen molar-refractivity contribution in [2.24, 2.45) is 5.73 Å². The summed E-state index contributed by atoms with van der Waals surface area (Å²) >= 11 is 5.68. The second kappa shape index (κ2) is 7.09. The molecule has 90 valence electrons. The minimum absolute atomic E-state index is 0.567. The summed E-state index contributed by atoms with van der Waals surface area (Å²) in [7, 11) is 6.00. The van der Waals surface area contributed by atoms with E-state index in [0.717, 1.165) is 0 Å². The van der Waals surface area contributed by atoms with Crippen LogP contribution in [0.15, 0.2) is 24.3 Å². The summed E-state index contributed by atoms with van der Waals surface area (Å²) in [4.78, 5) is 12.7. The number of carbonyl (C=O) groups excluding carboxylic acids is 1. The van der Waals surface area contributed by atoms with Crippen LogP contribution in [0.4, 0.5) is 5.69 Å². The van der Waals surface area contributed by atoms with Gasteiger partial charge in [-0.2, -0.15) is 0 Å². The number of nitrogen functional groups attached to an aromatic ring is 1. The van der Waals surface area contributed by atoms with E-state index >= 15 is 0 Å². The smallest absolute Gasteiger partial charge is 0.240 e. The highest BCUT2D eigenvalue weighted by atomic mass is 35.5. The van der Waals surface area contributed by atoms with E-state index in [1.807, 2.05) is 26.0 Å². The van der Waals surface area contributed by atoms with Gasteiger partial charge in [0, 0.05) is 5.69 Å². The highest BCUT2D eigenvalue weighted by molar-refractivity contribution is 6.30. The largest absolute Gasteiger partial charge is 0.399 e. The fourth-order valence-corrected chi connectivity index (χ4v) is 1.02. The second-order valence-corrected chi connectivity index (χ2v) is 4.21. The molecule has 0 aromatic heterocycles. The lowest BCUT2D eigenvalue weighted by Crippen LogP contribution is -2.16. The van der Waals surface area contributed by atoms with Crippen molar-refractivity contribution in [3.63, 3.8) is 0 Å². The zero-order valence-electron chi connectivity index (χ0n) is 9.77. The number of hydrogen-bond donors (Lipinski definition) is 2. The zero-order valence-corrected chi connectivity index (χ0v) is 10.5. The molecule has 0 radical (unpaired) electrons. The molecule has 0 aliphatic rings. The summed E-state index contributed by atoms with van der Waals surface area (Å²) in [6.45, 7) is 0. The number of anilines is 1. The van der Waals surface area contributed by atoms with E-state index in [-0.39, 0.29) is 0 Å². The van der Waals surface area contributed by atoms with Crippen molar-refractivity contribution < 1.29 is 4.79 Å². The van der Waals surface area contributed by atoms with Gasteiger partial charge in [-0.05, 0) is 38.8 Å². The van der Waals surface area contributed by atoms with E-state index in [1.54, 1.807) is 24.3 Å². The average Bonchev–Trinajstić information content (AvgIpc) is 2.15. The number of benzene rings is 1. The minimum Gasteiger partial charge on any atom is -0.399 e. The van der Waals surface area contributed by atoms with Crippen LogP contribution >= 0.6 is 11.6 Å². The first-order valence-electron chi connectivity index (χ1n) is 4.74. The topological polar surface area (TPSA) is 72.3 Å². The number of nitrogens with two attached hydrogens (primary N) is 2. The Balaban J connectivity index is 0.000000487. The number of carbonyl (C=O) groups is 1. The Bertz CT molecular complexity index is 339. The molecule has 0 heterocycles. The third-order valence-corrected chi connectivity index (χ3v) is 1.92. The zero-order chi connectivity index (χ0) is 12.7. The Hall–Kier alpha value is -1.26. The molecular formula is C11H18ClN3O. The summed E-state index contributed by atoms with van der Waals surface area (Å²) < 4.78 is 0. The van der Waals surface area contributed by atoms with Crippen LogP contribution in [0.2, 0.25) is 0 Å². The highest BCUT2D eigenvalue weighted by Crippen LogP contribution is 2.21. The van der Waals surface area contributed by atoms with Gasteiger partial charge in [0.05, 0.1) is 0 Å². The molecule has 0 spiro atoms. The van der Waals surface area contributed by atoms with Crippen molar-refractivity contribution in [1.82, 2.24) is 4.90 Å². The van der Waals surface area contributed by atoms with Gasteiger partial charge in [-0.25, -0.2) is 0 Å². The SMILES string of the molecule is CN(C)C.NC(=O)C(Cl)c1cccc(N)c1. The van der Waals surface area contributed by atoms with Crippen molar-refractivity contribution in [3.8, 4) is 0 Å². The predicted octanol–water partition coefficient (Wildman–Crippen LogP) is 1.21. The van der Waals surface area contributed by atoms with Crippen molar-refractivity contribution in [3.05, 3.63) is 29.8 Å². The van der Waals surface area contributed by atoms with Crippen LogP contribution in [0.25, 0.3) is 0 Å². The first-order chi connectivity index (χ1) is 7.34. The molecule has 1 aromatic carbocycles. The molecule has 0 saturated heterocycles. The molecule has 4 nitrogen and oxygen atoms in total. The van der Waals surface area contributed by atoms with Crippen molar-refractivity contribution in [2.45, 2.75) is 5.38 Å². The molecule has 1 atom stereocenters. The van der Waals surface area contributed by atoms with E-state index in [1.165, 1.54) is 0 Å². The Kier molecular flexibility index (Phi) is 6.53. The van der Waals surface area contributed by atoms with Gasteiger partial charge in [-0.15, -0.1) is 11.6 Å². The lowest BCUT2D eigenvalue weighted by Gasteiger charge is -2.05. The molecule has 16 heavy (non-hydrogen) atoms. The van der Waals surface area contributed by atoms with Crippen LogP contribution in [-0.4, -0.2) is 32.0 Å². The quantitative estimate of drug-likeness (QED) is 0.606. The molecule has 0 fully saturated rings. The molecular weight excluding hydrogens is 226 g/mol. The molecule has 1 rings (SSSR count). The third kappa shape index (κ3) is 6.27. The molecule has 1 amide bonds. The fraction of sp³-hybridized carbons (Fsp3) is 0.364. The number of primary amides is 1. The summed E-state index contributed by atoms with van der Waals surface area (Å²) in [6.07, 6.45) is 0. The molecule has 0 saturated carbocycles. The molecule has 0 aliphatic heterocycles. The maximum Gasteiger partial charge on any atom is 0.240 e. The van der Waals surface area contributed by atoms with E-state index < -0.39 is 11.3 Å². The number of alkyl halides is 1. The molecule has 1 aromatic rings. The number of amides is 1. The molecule has 4 N–H and O–H groups in total. The van der Waals surface area contributed by atoms with Crippen LogP contribution in [0.5, 0.6) is 0 Å². The number of rotatable bonds is 2. The molecule has 0 bridgehead atoms. The van der Waals surface area contributed by atoms with Gasteiger partial charge in [0.1, 0.15) is 5.38 Å². The monoisotopic (exact) mass is 243 g/mol. The van der Waals surface area contributed by atoms with Gasteiger partial charge in [0.2, 0.25) is 5.91 Å². The van der Waals surface area contributed by atoms with Crippen LogP contribution in [0.1, 0.15) is 10.9 Å². The Morgan fingerprint density at radius 2 is 1.88 bits per heavy atom. The average molecular weight is 244 g/mol. The lowest BCUT2D eigenvalue weighted by atomic mass is 10.1. The van der Waals surface area contributed by atoms with Crippen LogP contribution in [0.3, 0.4) is 0 Å². The van der Waals surface area contributed by atoms with Gasteiger partial charge in [0.15, 0.2) is 0 Å². The third-order valence-electron chi connectivity index (χ3n) is 1.45. The number of nitrogens with zero attached hydrogens (tertiary/aromatic N) is 1. The van der Waals surface area contributed by atoms with E-state index in [9.17, 15) is 4.79 Å². The van der Waals surface area contributed by atoms with Crippen LogP contribution < -0.4 is 11.5 Å². The number of hydrogen-bond acceptors (Lipinski definition) is 3. The van der Waals surface area contributed by atoms with Crippen molar-refractivity contribution >= 4 is 23.2 Å². The van der Waals surface area contributed by atoms with Gasteiger partial charge in [-0.3, -0.25) is 4.79 Å². The second-order valence-electron chi connectivity index (χ2n) is 3.78.